The molecule has 0 aromatic carbocycles. The highest BCUT2D eigenvalue weighted by molar-refractivity contribution is 4.96. The molecule has 0 spiro atoms. The molecule has 0 aromatic heterocycles. The molecule has 0 saturated carbocycles. The minimum Gasteiger partial charge on any atom is -0.246 e. The van der Waals surface area contributed by atoms with Gasteiger partial charge in [-0.1, -0.05) is 13.0 Å². The Labute approximate surface area is 44.0 Å². The van der Waals surface area contributed by atoms with E-state index in [1.807, 2.05) is 13.0 Å². The third-order valence-electron chi connectivity index (χ3n) is 0.763. The van der Waals surface area contributed by atoms with Gasteiger partial charge in [-0.05, 0) is 18.9 Å². The third kappa shape index (κ3) is 3.50. The first-order chi connectivity index (χ1) is 3.31. The molecule has 7 heavy (non-hydrogen) atoms. The van der Waals surface area contributed by atoms with Gasteiger partial charge < -0.3 is 0 Å². The molecule has 0 atom stereocenters. The van der Waals surface area contributed by atoms with Crippen molar-refractivity contribution < 1.29 is 4.39 Å². The fraction of sp³-hybridized carbons (Fsp3) is 0.667. The second-order valence-corrected chi connectivity index (χ2v) is 1.59. The number of alkyl halides is 1. The molecule has 0 nitrogen and oxygen atoms in total. The van der Waals surface area contributed by atoms with Gasteiger partial charge in [0.05, 0.1) is 0 Å². The number of halogens is 1. The van der Waals surface area contributed by atoms with Crippen molar-refractivity contribution in [1.29, 1.82) is 0 Å². The molecule has 0 aromatic rings. The van der Waals surface area contributed by atoms with Crippen LogP contribution in [0.4, 0.5) is 4.39 Å². The van der Waals surface area contributed by atoms with Crippen molar-refractivity contribution in [2.45, 2.75) is 20.3 Å². The second-order valence-electron chi connectivity index (χ2n) is 1.59. The third-order valence-corrected chi connectivity index (χ3v) is 0.763. The van der Waals surface area contributed by atoms with Crippen LogP contribution in [0.5, 0.6) is 0 Å². The van der Waals surface area contributed by atoms with Gasteiger partial charge in [-0.15, -0.1) is 0 Å². The number of allylic oxidation sites excluding steroid dienone is 2. The summed E-state index contributed by atoms with van der Waals surface area (Å²) in [5.74, 6) is 0. The molecule has 0 amide bonds. The molecule has 0 bridgehead atoms. The van der Waals surface area contributed by atoms with E-state index in [9.17, 15) is 4.39 Å². The molecule has 0 unspecified atom stereocenters. The fourth-order valence-electron chi connectivity index (χ4n) is 0.403. The molecule has 0 N–H and O–H groups in total. The van der Waals surface area contributed by atoms with Crippen LogP contribution in [0.15, 0.2) is 11.6 Å². The van der Waals surface area contributed by atoms with Crippen LogP contribution in [0, 0.1) is 0 Å². The Morgan fingerprint density at radius 2 is 2.29 bits per heavy atom. The minimum atomic E-state index is -0.298. The van der Waals surface area contributed by atoms with Crippen LogP contribution in [0.1, 0.15) is 20.3 Å². The van der Waals surface area contributed by atoms with Gasteiger partial charge in [0, 0.05) is 0 Å². The van der Waals surface area contributed by atoms with Crippen LogP contribution < -0.4 is 0 Å². The van der Waals surface area contributed by atoms with Crippen molar-refractivity contribution in [3.63, 3.8) is 0 Å². The summed E-state index contributed by atoms with van der Waals surface area (Å²) < 4.78 is 11.5. The summed E-state index contributed by atoms with van der Waals surface area (Å²) in [7, 11) is 0. The Balaban J connectivity index is 3.29. The Hall–Kier alpha value is -0.330. The summed E-state index contributed by atoms with van der Waals surface area (Å²) in [4.78, 5) is 0. The van der Waals surface area contributed by atoms with E-state index in [1.54, 1.807) is 6.92 Å². The van der Waals surface area contributed by atoms with Crippen molar-refractivity contribution in [3.05, 3.63) is 11.6 Å². The summed E-state index contributed by atoms with van der Waals surface area (Å²) in [5, 5.41) is 0. The van der Waals surface area contributed by atoms with E-state index in [1.165, 1.54) is 0 Å². The fourth-order valence-corrected chi connectivity index (χ4v) is 0.403. The predicted molar refractivity (Wildman–Crippen MR) is 30.0 cm³/mol. The van der Waals surface area contributed by atoms with E-state index >= 15 is 0 Å². The van der Waals surface area contributed by atoms with Crippen LogP contribution in [0.2, 0.25) is 0 Å². The number of hydrogen-bond donors (Lipinski definition) is 0. The molecular formula is C6H11F. The van der Waals surface area contributed by atoms with Gasteiger partial charge in [0.15, 0.2) is 0 Å². The van der Waals surface area contributed by atoms with Crippen molar-refractivity contribution in [2.75, 3.05) is 6.67 Å². The maximum absolute atomic E-state index is 11.5. The Morgan fingerprint density at radius 1 is 1.71 bits per heavy atom. The summed E-state index contributed by atoms with van der Waals surface area (Å²) in [6.07, 6.45) is 2.83. The van der Waals surface area contributed by atoms with E-state index < -0.39 is 0 Å². The zero-order chi connectivity index (χ0) is 5.70. The molecule has 0 saturated heterocycles. The normalized spacial score (nSPS) is 12.1. The van der Waals surface area contributed by atoms with Crippen LogP contribution in [-0.2, 0) is 0 Å². The van der Waals surface area contributed by atoms with E-state index in [0.29, 0.717) is 0 Å². The largest absolute Gasteiger partial charge is 0.246 e. The average Bonchev–Trinajstić information content (AvgIpc) is 1.68. The Morgan fingerprint density at radius 3 is 2.43 bits per heavy atom. The van der Waals surface area contributed by atoms with Gasteiger partial charge in [0.25, 0.3) is 0 Å². The lowest BCUT2D eigenvalue weighted by atomic mass is 10.3. The van der Waals surface area contributed by atoms with E-state index in [2.05, 4.69) is 0 Å². The zero-order valence-corrected chi connectivity index (χ0v) is 4.87. The van der Waals surface area contributed by atoms with Crippen molar-refractivity contribution >= 4 is 0 Å². The van der Waals surface area contributed by atoms with Crippen LogP contribution in [0.3, 0.4) is 0 Å². The highest BCUT2D eigenvalue weighted by Gasteiger charge is 1.80. The van der Waals surface area contributed by atoms with Crippen LogP contribution in [0.25, 0.3) is 0 Å². The standard InChI is InChI=1S/C6H11F/c1-3-4-6(2)5-7/h4H,3,5H2,1-2H3/b6-4-. The Kier molecular flexibility index (Phi) is 3.67. The smallest absolute Gasteiger partial charge is 0.110 e. The second kappa shape index (κ2) is 3.85. The molecule has 0 aliphatic carbocycles. The predicted octanol–water partition coefficient (Wildman–Crippen LogP) is 2.31. The SMILES string of the molecule is CC/C=C(/C)CF. The summed E-state index contributed by atoms with van der Waals surface area (Å²) in [6, 6.07) is 0. The maximum Gasteiger partial charge on any atom is 0.110 e. The average molecular weight is 102 g/mol. The molecule has 0 aliphatic heterocycles. The molecule has 0 rings (SSSR count). The van der Waals surface area contributed by atoms with Crippen LogP contribution in [-0.4, -0.2) is 6.67 Å². The first kappa shape index (κ1) is 6.67. The van der Waals surface area contributed by atoms with Gasteiger partial charge in [-0.3, -0.25) is 0 Å². The summed E-state index contributed by atoms with van der Waals surface area (Å²) in [5.41, 5.74) is 0.836. The first-order valence-corrected chi connectivity index (χ1v) is 2.52. The molecule has 0 heterocycles. The quantitative estimate of drug-likeness (QED) is 0.469. The lowest BCUT2D eigenvalue weighted by Crippen LogP contribution is -1.74. The van der Waals surface area contributed by atoms with Crippen molar-refractivity contribution in [3.8, 4) is 0 Å². The highest BCUT2D eigenvalue weighted by Crippen LogP contribution is 1.93. The van der Waals surface area contributed by atoms with Crippen LogP contribution >= 0.6 is 0 Å². The molecule has 0 fully saturated rings. The van der Waals surface area contributed by atoms with E-state index in [0.717, 1.165) is 12.0 Å². The van der Waals surface area contributed by atoms with E-state index in [4.69, 9.17) is 0 Å². The minimum absolute atomic E-state index is 0.298. The summed E-state index contributed by atoms with van der Waals surface area (Å²) >= 11 is 0. The summed E-state index contributed by atoms with van der Waals surface area (Å²) in [6.45, 7) is 3.50. The van der Waals surface area contributed by atoms with E-state index in [-0.39, 0.29) is 6.67 Å². The molecule has 1 heteroatoms. The molecule has 42 valence electrons. The molecule has 0 radical (unpaired) electrons. The lowest BCUT2D eigenvalue weighted by molar-refractivity contribution is 0.542. The van der Waals surface area contributed by atoms with Gasteiger partial charge in [-0.25, -0.2) is 4.39 Å². The number of hydrogen-bond acceptors (Lipinski definition) is 0. The molecule has 0 aliphatic rings. The van der Waals surface area contributed by atoms with Crippen molar-refractivity contribution in [2.24, 2.45) is 0 Å². The highest BCUT2D eigenvalue weighted by atomic mass is 19.1. The van der Waals surface area contributed by atoms with Gasteiger partial charge in [0.2, 0.25) is 0 Å². The monoisotopic (exact) mass is 102 g/mol. The van der Waals surface area contributed by atoms with Gasteiger partial charge >= 0.3 is 0 Å². The van der Waals surface area contributed by atoms with Crippen molar-refractivity contribution in [1.82, 2.24) is 0 Å². The maximum atomic E-state index is 11.5. The topological polar surface area (TPSA) is 0 Å². The van der Waals surface area contributed by atoms with Gasteiger partial charge in [-0.2, -0.15) is 0 Å². The van der Waals surface area contributed by atoms with Gasteiger partial charge in [0.1, 0.15) is 6.67 Å². The first-order valence-electron chi connectivity index (χ1n) is 2.52. The molecular weight excluding hydrogens is 91.1 g/mol. The zero-order valence-electron chi connectivity index (χ0n) is 4.87. The Bertz CT molecular complexity index is 64.6. The number of rotatable bonds is 2. The lowest BCUT2D eigenvalue weighted by Gasteiger charge is -1.85.